The number of hydrogen-bond acceptors (Lipinski definition) is 9. The van der Waals surface area contributed by atoms with E-state index in [9.17, 15) is 22.8 Å². The molecule has 1 fully saturated rings. The second kappa shape index (κ2) is 15.0. The summed E-state index contributed by atoms with van der Waals surface area (Å²) >= 11 is 0. The molecule has 40 heavy (non-hydrogen) atoms. The van der Waals surface area contributed by atoms with Crippen LogP contribution in [0.5, 0.6) is 0 Å². The molecule has 0 spiro atoms. The summed E-state index contributed by atoms with van der Waals surface area (Å²) in [6.45, 7) is 3.21. The molecule has 0 aliphatic carbocycles. The van der Waals surface area contributed by atoms with Crippen molar-refractivity contribution in [3.8, 4) is 11.4 Å². The first-order valence-corrected chi connectivity index (χ1v) is 15.0. The molecule has 2 amide bonds. The van der Waals surface area contributed by atoms with Crippen molar-refractivity contribution in [2.75, 3.05) is 38.3 Å². The topological polar surface area (TPSA) is 149 Å². The number of carbonyl (C=O) groups excluding carboxylic acids is 3. The van der Waals surface area contributed by atoms with E-state index in [4.69, 9.17) is 9.26 Å². The maximum absolute atomic E-state index is 13.0. The summed E-state index contributed by atoms with van der Waals surface area (Å²) < 4.78 is 34.2. The van der Waals surface area contributed by atoms with Gasteiger partial charge in [-0.2, -0.15) is 4.98 Å². The van der Waals surface area contributed by atoms with Gasteiger partial charge < -0.3 is 19.5 Å². The molecule has 1 aliphatic rings. The van der Waals surface area contributed by atoms with Gasteiger partial charge in [0.2, 0.25) is 23.4 Å². The standard InChI is InChI=1S/C22H28N4O7S.C6H6/c1-3-17(19(28)22-24-20(25-33-22)15-7-5-4-6-8-15)23-21(29)16(14-34(2,30)31)13-18(27)26-9-11-32-12-10-26;1-2-4-6-5-3-1/h4-8,16-17H,3,9-14H2,1-2H3,(H,23,29);1-6H. The Kier molecular flexibility index (Phi) is 11.5. The first kappa shape index (κ1) is 30.6. The van der Waals surface area contributed by atoms with Gasteiger partial charge in [0.1, 0.15) is 9.84 Å². The molecule has 11 nitrogen and oxygen atoms in total. The van der Waals surface area contributed by atoms with Gasteiger partial charge in [-0.05, 0) is 6.42 Å². The summed E-state index contributed by atoms with van der Waals surface area (Å²) in [6, 6.07) is 19.9. The van der Waals surface area contributed by atoms with E-state index in [1.165, 1.54) is 4.90 Å². The van der Waals surface area contributed by atoms with E-state index in [-0.39, 0.29) is 30.5 Å². The predicted octanol–water partition coefficient (Wildman–Crippen LogP) is 2.41. The van der Waals surface area contributed by atoms with Crippen LogP contribution in [0.2, 0.25) is 0 Å². The van der Waals surface area contributed by atoms with E-state index in [1.54, 1.807) is 31.2 Å². The summed E-state index contributed by atoms with van der Waals surface area (Å²) in [5.74, 6) is -3.33. The Morgan fingerprint density at radius 2 is 1.55 bits per heavy atom. The number of ether oxygens (including phenoxy) is 1. The van der Waals surface area contributed by atoms with Crippen molar-refractivity contribution < 1.29 is 32.1 Å². The maximum atomic E-state index is 13.0. The average Bonchev–Trinajstić information content (AvgIpc) is 3.47. The normalized spacial score (nSPS) is 14.8. The van der Waals surface area contributed by atoms with Gasteiger partial charge in [0.15, 0.2) is 0 Å². The Morgan fingerprint density at radius 3 is 2.10 bits per heavy atom. The number of sulfone groups is 1. The molecule has 2 unspecified atom stereocenters. The molecule has 1 N–H and O–H groups in total. The number of carbonyl (C=O) groups is 3. The largest absolute Gasteiger partial charge is 0.378 e. The molecule has 1 aliphatic heterocycles. The number of nitrogens with zero attached hydrogens (tertiary/aromatic N) is 3. The lowest BCUT2D eigenvalue weighted by Crippen LogP contribution is -2.47. The molecule has 2 heterocycles. The van der Waals surface area contributed by atoms with Crippen LogP contribution in [-0.4, -0.2) is 85.4 Å². The summed E-state index contributed by atoms with van der Waals surface area (Å²) in [4.78, 5) is 44.2. The molecule has 214 valence electrons. The third-order valence-corrected chi connectivity index (χ3v) is 7.04. The van der Waals surface area contributed by atoms with Gasteiger partial charge in [-0.3, -0.25) is 14.4 Å². The highest BCUT2D eigenvalue weighted by Crippen LogP contribution is 2.17. The molecule has 0 bridgehead atoms. The van der Waals surface area contributed by atoms with E-state index >= 15 is 0 Å². The number of morpholine rings is 1. The molecule has 2 atom stereocenters. The summed E-state index contributed by atoms with van der Waals surface area (Å²) in [5.41, 5.74) is 0.664. The summed E-state index contributed by atoms with van der Waals surface area (Å²) in [6.07, 6.45) is 0.914. The number of amides is 2. The minimum Gasteiger partial charge on any atom is -0.378 e. The van der Waals surface area contributed by atoms with Crippen LogP contribution in [0.1, 0.15) is 30.5 Å². The zero-order chi connectivity index (χ0) is 29.0. The molecule has 12 heteroatoms. The van der Waals surface area contributed by atoms with Crippen LogP contribution >= 0.6 is 0 Å². The fraction of sp³-hybridized carbons (Fsp3) is 0.393. The Hall–Kier alpha value is -3.90. The number of rotatable bonds is 10. The van der Waals surface area contributed by atoms with E-state index in [1.807, 2.05) is 42.5 Å². The molecule has 2 aromatic carbocycles. The number of aromatic nitrogens is 2. The highest BCUT2D eigenvalue weighted by atomic mass is 32.2. The zero-order valence-electron chi connectivity index (χ0n) is 22.6. The van der Waals surface area contributed by atoms with Crippen molar-refractivity contribution in [1.29, 1.82) is 0 Å². The van der Waals surface area contributed by atoms with Gasteiger partial charge in [0.25, 0.3) is 5.89 Å². The van der Waals surface area contributed by atoms with Crippen molar-refractivity contribution >= 4 is 27.4 Å². The third-order valence-electron chi connectivity index (χ3n) is 6.04. The Bertz CT molecular complexity index is 1310. The molecule has 0 saturated carbocycles. The Balaban J connectivity index is 0.000000649. The SMILES string of the molecule is CCC(NC(=O)C(CC(=O)N1CCOCC1)CS(C)(=O)=O)C(=O)c1nc(-c2ccccc2)no1.c1ccccc1. The third kappa shape index (κ3) is 9.69. The zero-order valence-corrected chi connectivity index (χ0v) is 23.4. The van der Waals surface area contributed by atoms with Crippen LogP contribution in [-0.2, 0) is 24.2 Å². The highest BCUT2D eigenvalue weighted by molar-refractivity contribution is 7.90. The number of nitrogens with one attached hydrogen (secondary N) is 1. The number of ketones is 1. The van der Waals surface area contributed by atoms with E-state index < -0.39 is 39.2 Å². The molecule has 4 rings (SSSR count). The van der Waals surface area contributed by atoms with E-state index in [0.717, 1.165) is 6.26 Å². The van der Waals surface area contributed by atoms with Crippen LogP contribution in [0.3, 0.4) is 0 Å². The van der Waals surface area contributed by atoms with Gasteiger partial charge in [0, 0.05) is 31.3 Å². The lowest BCUT2D eigenvalue weighted by Gasteiger charge is -2.28. The monoisotopic (exact) mass is 570 g/mol. The van der Waals surface area contributed by atoms with Crippen LogP contribution in [0, 0.1) is 5.92 Å². The Labute approximate surface area is 233 Å². The van der Waals surface area contributed by atoms with E-state index in [0.29, 0.717) is 31.9 Å². The minimum atomic E-state index is -3.57. The van der Waals surface area contributed by atoms with Crippen molar-refractivity contribution in [2.45, 2.75) is 25.8 Å². The molecule has 0 radical (unpaired) electrons. The van der Waals surface area contributed by atoms with Gasteiger partial charge in [-0.1, -0.05) is 78.8 Å². The first-order valence-electron chi connectivity index (χ1n) is 12.9. The van der Waals surface area contributed by atoms with Crippen LogP contribution < -0.4 is 5.32 Å². The second-order valence-electron chi connectivity index (χ2n) is 9.26. The molecule has 1 aromatic heterocycles. The van der Waals surface area contributed by atoms with Gasteiger partial charge in [-0.15, -0.1) is 0 Å². The first-order chi connectivity index (χ1) is 19.2. The molecular weight excluding hydrogens is 536 g/mol. The number of benzene rings is 2. The van der Waals surface area contributed by atoms with Gasteiger partial charge in [-0.25, -0.2) is 8.42 Å². The summed E-state index contributed by atoms with van der Waals surface area (Å²) in [7, 11) is -3.57. The fourth-order valence-electron chi connectivity index (χ4n) is 3.95. The van der Waals surface area contributed by atoms with Crippen molar-refractivity contribution in [1.82, 2.24) is 20.4 Å². The smallest absolute Gasteiger partial charge is 0.296 e. The predicted molar refractivity (Wildman–Crippen MR) is 148 cm³/mol. The van der Waals surface area contributed by atoms with Gasteiger partial charge >= 0.3 is 0 Å². The molecular formula is C28H34N4O7S. The summed E-state index contributed by atoms with van der Waals surface area (Å²) in [5, 5.41) is 6.39. The van der Waals surface area contributed by atoms with E-state index in [2.05, 4.69) is 15.5 Å². The number of hydrogen-bond donors (Lipinski definition) is 1. The van der Waals surface area contributed by atoms with Crippen molar-refractivity contribution in [2.24, 2.45) is 5.92 Å². The number of Topliss-reactive ketones (excluding diaryl/α,β-unsaturated/α-hetero) is 1. The Morgan fingerprint density at radius 1 is 0.975 bits per heavy atom. The second-order valence-corrected chi connectivity index (χ2v) is 11.4. The van der Waals surface area contributed by atoms with Crippen LogP contribution in [0.4, 0.5) is 0 Å². The van der Waals surface area contributed by atoms with Gasteiger partial charge in [0.05, 0.1) is 30.9 Å². The van der Waals surface area contributed by atoms with Crippen LogP contribution in [0.25, 0.3) is 11.4 Å². The maximum Gasteiger partial charge on any atom is 0.296 e. The fourth-order valence-corrected chi connectivity index (χ4v) is 4.95. The molecule has 3 aromatic rings. The quantitative estimate of drug-likeness (QED) is 0.363. The van der Waals surface area contributed by atoms with Crippen molar-refractivity contribution in [3.63, 3.8) is 0 Å². The minimum absolute atomic E-state index is 0.205. The average molecular weight is 571 g/mol. The van der Waals surface area contributed by atoms with Crippen molar-refractivity contribution in [3.05, 3.63) is 72.6 Å². The molecule has 1 saturated heterocycles. The highest BCUT2D eigenvalue weighted by Gasteiger charge is 2.32. The van der Waals surface area contributed by atoms with Crippen LogP contribution in [0.15, 0.2) is 71.3 Å². The lowest BCUT2D eigenvalue weighted by atomic mass is 10.0. The lowest BCUT2D eigenvalue weighted by molar-refractivity contribution is -0.139.